The summed E-state index contributed by atoms with van der Waals surface area (Å²) >= 11 is 0. The Hall–Kier alpha value is -4.99. The maximum absolute atomic E-state index is 13.3. The highest BCUT2D eigenvalue weighted by atomic mass is 16.7. The van der Waals surface area contributed by atoms with Gasteiger partial charge in [0.1, 0.15) is 17.0 Å². The largest absolute Gasteiger partial charge is 0.494 e. The van der Waals surface area contributed by atoms with Crippen molar-refractivity contribution in [3.63, 3.8) is 0 Å². The number of nitrogens with one attached hydrogen (secondary N) is 3. The van der Waals surface area contributed by atoms with Crippen LogP contribution in [0.2, 0.25) is 0 Å². The first-order chi connectivity index (χ1) is 18.3. The number of carbonyl (C=O) groups is 3. The van der Waals surface area contributed by atoms with Gasteiger partial charge < -0.3 is 24.8 Å². The first-order valence-corrected chi connectivity index (χ1v) is 11.9. The lowest BCUT2D eigenvalue weighted by molar-refractivity contribution is -0.136. The monoisotopic (exact) mass is 514 g/mol. The fourth-order valence-corrected chi connectivity index (χ4v) is 4.38. The van der Waals surface area contributed by atoms with Gasteiger partial charge in [0.25, 0.3) is 5.91 Å². The molecule has 10 heteroatoms. The molecule has 5 rings (SSSR count). The van der Waals surface area contributed by atoms with Gasteiger partial charge in [0.2, 0.25) is 6.79 Å². The molecule has 3 amide bonds. The van der Waals surface area contributed by atoms with E-state index in [0.29, 0.717) is 33.8 Å². The van der Waals surface area contributed by atoms with Crippen molar-refractivity contribution in [2.75, 3.05) is 24.6 Å². The molecule has 3 N–H and O–H groups in total. The van der Waals surface area contributed by atoms with Gasteiger partial charge in [0.05, 0.1) is 7.11 Å². The minimum Gasteiger partial charge on any atom is -0.494 e. The Morgan fingerprint density at radius 1 is 0.921 bits per heavy atom. The molecule has 1 aromatic heterocycles. The Labute approximate surface area is 218 Å². The number of rotatable bonds is 6. The molecule has 2 heterocycles. The minimum atomic E-state index is -0.949. The SMILES string of the molecule is COc1cccc2cc(C(=O)Nc3cc(C)cc(C)c3)n(NC(=O)C(=O)NCc3ccc4c(c3)OCO4)c12. The van der Waals surface area contributed by atoms with Gasteiger partial charge in [-0.05, 0) is 66.9 Å². The maximum Gasteiger partial charge on any atom is 0.328 e. The Morgan fingerprint density at radius 2 is 1.68 bits per heavy atom. The zero-order valence-corrected chi connectivity index (χ0v) is 21.1. The average Bonchev–Trinajstić information content (AvgIpc) is 3.51. The molecule has 0 saturated heterocycles. The van der Waals surface area contributed by atoms with E-state index in [1.54, 1.807) is 42.5 Å². The Kier molecular flexibility index (Phi) is 6.61. The summed E-state index contributed by atoms with van der Waals surface area (Å²) in [5.41, 5.74) is 6.46. The molecule has 0 fully saturated rings. The van der Waals surface area contributed by atoms with Crippen molar-refractivity contribution in [1.29, 1.82) is 0 Å². The molecule has 0 unspecified atom stereocenters. The van der Waals surface area contributed by atoms with Gasteiger partial charge in [0, 0.05) is 17.6 Å². The van der Waals surface area contributed by atoms with Gasteiger partial charge in [-0.25, -0.2) is 4.68 Å². The van der Waals surface area contributed by atoms with E-state index < -0.39 is 17.7 Å². The average molecular weight is 515 g/mol. The smallest absolute Gasteiger partial charge is 0.328 e. The molecule has 4 aromatic rings. The number of benzene rings is 3. The zero-order valence-electron chi connectivity index (χ0n) is 21.1. The molecule has 0 spiro atoms. The van der Waals surface area contributed by atoms with Crippen LogP contribution in [-0.2, 0) is 16.1 Å². The molecule has 0 aliphatic carbocycles. The summed E-state index contributed by atoms with van der Waals surface area (Å²) in [6, 6.07) is 17.8. The van der Waals surface area contributed by atoms with Gasteiger partial charge >= 0.3 is 11.8 Å². The van der Waals surface area contributed by atoms with Crippen LogP contribution in [0.4, 0.5) is 5.69 Å². The molecular formula is C28H26N4O6. The highest BCUT2D eigenvalue weighted by Crippen LogP contribution is 2.32. The van der Waals surface area contributed by atoms with Crippen molar-refractivity contribution in [2.45, 2.75) is 20.4 Å². The molecule has 194 valence electrons. The van der Waals surface area contributed by atoms with Crippen molar-refractivity contribution >= 4 is 34.3 Å². The van der Waals surface area contributed by atoms with Gasteiger partial charge in [-0.1, -0.05) is 24.3 Å². The number of aromatic nitrogens is 1. The number of fused-ring (bicyclic) bond motifs is 2. The number of ether oxygens (including phenoxy) is 3. The van der Waals surface area contributed by atoms with E-state index in [-0.39, 0.29) is 19.0 Å². The molecule has 10 nitrogen and oxygen atoms in total. The van der Waals surface area contributed by atoms with Crippen molar-refractivity contribution in [3.8, 4) is 17.2 Å². The second kappa shape index (κ2) is 10.2. The third-order valence-corrected chi connectivity index (χ3v) is 6.03. The number of aryl methyl sites for hydroxylation is 2. The Balaban J connectivity index is 1.38. The van der Waals surface area contributed by atoms with E-state index in [4.69, 9.17) is 14.2 Å². The molecule has 38 heavy (non-hydrogen) atoms. The summed E-state index contributed by atoms with van der Waals surface area (Å²) in [5.74, 6) is -0.664. The van der Waals surface area contributed by atoms with Crippen LogP contribution in [0.3, 0.4) is 0 Å². The van der Waals surface area contributed by atoms with E-state index in [0.717, 1.165) is 16.7 Å². The third kappa shape index (κ3) is 4.96. The molecule has 0 bridgehead atoms. The number of carbonyl (C=O) groups excluding carboxylic acids is 3. The summed E-state index contributed by atoms with van der Waals surface area (Å²) in [7, 11) is 1.49. The number of methoxy groups -OCH3 is 1. The van der Waals surface area contributed by atoms with Gasteiger partial charge in [-0.15, -0.1) is 0 Å². The van der Waals surface area contributed by atoms with Gasteiger partial charge in [0.15, 0.2) is 11.5 Å². The van der Waals surface area contributed by atoms with E-state index in [1.807, 2.05) is 32.0 Å². The normalized spacial score (nSPS) is 11.8. The number of hydrogen-bond donors (Lipinski definition) is 3. The fourth-order valence-electron chi connectivity index (χ4n) is 4.38. The van der Waals surface area contributed by atoms with Crippen LogP contribution in [0.25, 0.3) is 10.9 Å². The summed E-state index contributed by atoms with van der Waals surface area (Å²) in [4.78, 5) is 38.9. The van der Waals surface area contributed by atoms with Crippen LogP contribution in [0, 0.1) is 13.8 Å². The van der Waals surface area contributed by atoms with Crippen LogP contribution < -0.4 is 30.3 Å². The number of anilines is 1. The van der Waals surface area contributed by atoms with Crippen molar-refractivity contribution in [3.05, 3.63) is 83.0 Å². The summed E-state index contributed by atoms with van der Waals surface area (Å²) in [6.07, 6.45) is 0. The predicted molar refractivity (Wildman–Crippen MR) is 141 cm³/mol. The van der Waals surface area contributed by atoms with Crippen molar-refractivity contribution < 1.29 is 28.6 Å². The summed E-state index contributed by atoms with van der Waals surface area (Å²) in [6.45, 7) is 4.11. The first-order valence-electron chi connectivity index (χ1n) is 11.9. The lowest BCUT2D eigenvalue weighted by Gasteiger charge is -2.14. The topological polar surface area (TPSA) is 120 Å². The highest BCUT2D eigenvalue weighted by Gasteiger charge is 2.23. The second-order valence-electron chi connectivity index (χ2n) is 8.90. The number of amides is 3. The molecule has 1 aliphatic rings. The quantitative estimate of drug-likeness (QED) is 0.338. The zero-order chi connectivity index (χ0) is 26.8. The molecule has 0 radical (unpaired) electrons. The van der Waals surface area contributed by atoms with Crippen LogP contribution >= 0.6 is 0 Å². The lowest BCUT2D eigenvalue weighted by atomic mass is 10.1. The second-order valence-corrected chi connectivity index (χ2v) is 8.90. The van der Waals surface area contributed by atoms with Crippen LogP contribution in [0.1, 0.15) is 27.2 Å². The van der Waals surface area contributed by atoms with E-state index in [2.05, 4.69) is 16.1 Å². The van der Waals surface area contributed by atoms with E-state index >= 15 is 0 Å². The van der Waals surface area contributed by atoms with Crippen LogP contribution in [0.15, 0.2) is 60.7 Å². The number of para-hydroxylation sites is 1. The van der Waals surface area contributed by atoms with Gasteiger partial charge in [-0.2, -0.15) is 0 Å². The molecular weight excluding hydrogens is 488 g/mol. The van der Waals surface area contributed by atoms with Crippen molar-refractivity contribution in [1.82, 2.24) is 9.99 Å². The van der Waals surface area contributed by atoms with Crippen LogP contribution in [0.5, 0.6) is 17.2 Å². The summed E-state index contributed by atoms with van der Waals surface area (Å²) < 4.78 is 17.4. The number of hydrogen-bond acceptors (Lipinski definition) is 6. The van der Waals surface area contributed by atoms with E-state index in [1.165, 1.54) is 11.8 Å². The first kappa shape index (κ1) is 24.7. The summed E-state index contributed by atoms with van der Waals surface area (Å²) in [5, 5.41) is 6.11. The fraction of sp³-hybridized carbons (Fsp3) is 0.179. The van der Waals surface area contributed by atoms with Crippen LogP contribution in [-0.4, -0.2) is 36.3 Å². The lowest BCUT2D eigenvalue weighted by Crippen LogP contribution is -2.39. The Morgan fingerprint density at radius 3 is 2.45 bits per heavy atom. The standard InChI is InChI=1S/C28H26N4O6/c1-16-9-17(2)11-20(10-16)30-26(33)21-13-19-5-4-6-23(36-3)25(19)32(21)31-28(35)27(34)29-14-18-7-8-22-24(12-18)38-15-37-22/h4-13H,14-15H2,1-3H3,(H,29,34)(H,30,33)(H,31,35). The highest BCUT2D eigenvalue weighted by molar-refractivity contribution is 6.38. The van der Waals surface area contributed by atoms with E-state index in [9.17, 15) is 14.4 Å². The predicted octanol–water partition coefficient (Wildman–Crippen LogP) is 3.63. The molecule has 0 atom stereocenters. The number of nitrogens with zero attached hydrogens (tertiary/aromatic N) is 1. The Bertz CT molecular complexity index is 1560. The third-order valence-electron chi connectivity index (χ3n) is 6.03. The van der Waals surface area contributed by atoms with Gasteiger partial charge in [-0.3, -0.25) is 19.8 Å². The van der Waals surface area contributed by atoms with Crippen molar-refractivity contribution in [2.24, 2.45) is 0 Å². The molecule has 1 aliphatic heterocycles. The molecule has 3 aromatic carbocycles. The molecule has 0 saturated carbocycles. The maximum atomic E-state index is 13.3. The minimum absolute atomic E-state index is 0.0959.